The summed E-state index contributed by atoms with van der Waals surface area (Å²) < 4.78 is 4.63. The van der Waals surface area contributed by atoms with Gasteiger partial charge in [-0.2, -0.15) is 0 Å². The second kappa shape index (κ2) is 8.86. The average molecular weight is 310 g/mol. The van der Waals surface area contributed by atoms with Gasteiger partial charge in [-0.3, -0.25) is 4.98 Å². The van der Waals surface area contributed by atoms with Crippen LogP contribution >= 0.6 is 0 Å². The number of ether oxygens (including phenoxy) is 1. The lowest BCUT2D eigenvalue weighted by Crippen LogP contribution is -2.25. The quantitative estimate of drug-likeness (QED) is 0.627. The van der Waals surface area contributed by atoms with E-state index in [0.29, 0.717) is 6.42 Å². The maximum absolute atomic E-state index is 11.2. The van der Waals surface area contributed by atoms with Crippen molar-refractivity contribution < 1.29 is 9.53 Å². The summed E-state index contributed by atoms with van der Waals surface area (Å²) in [5.41, 5.74) is 2.16. The van der Waals surface area contributed by atoms with Crippen LogP contribution in [0.4, 0.5) is 0 Å². The normalized spacial score (nSPS) is 13.7. The minimum Gasteiger partial charge on any atom is -0.466 e. The monoisotopic (exact) mass is 310 g/mol. The number of benzene rings is 1. The molecule has 120 valence electrons. The van der Waals surface area contributed by atoms with Crippen LogP contribution in [-0.2, 0) is 9.53 Å². The lowest BCUT2D eigenvalue weighted by atomic mass is 10.0. The molecule has 0 fully saturated rings. The summed E-state index contributed by atoms with van der Waals surface area (Å²) in [6.07, 6.45) is 5.70. The Labute approximate surface area is 137 Å². The van der Waals surface area contributed by atoms with Gasteiger partial charge in [-0.05, 0) is 31.0 Å². The smallest absolute Gasteiger partial charge is 0.330 e. The Morgan fingerprint density at radius 3 is 2.61 bits per heavy atom. The largest absolute Gasteiger partial charge is 0.466 e. The standard InChI is InChI=1S/C19H22N2O2/c1-15(16-9-4-3-5-10-16)21-18(12-8-13-19(22)23-2)17-11-6-7-14-20-17/h3-11,13-15,18,21H,12H2,1-2H3/b13-8+/t15-,18?/m1/s1. The van der Waals surface area contributed by atoms with Gasteiger partial charge in [0.25, 0.3) is 0 Å². The predicted octanol–water partition coefficient (Wildman–Crippen LogP) is 3.59. The van der Waals surface area contributed by atoms with E-state index >= 15 is 0 Å². The van der Waals surface area contributed by atoms with E-state index in [2.05, 4.69) is 34.1 Å². The number of nitrogens with one attached hydrogen (secondary N) is 1. The van der Waals surface area contributed by atoms with Gasteiger partial charge in [0.15, 0.2) is 0 Å². The number of hydrogen-bond donors (Lipinski definition) is 1. The van der Waals surface area contributed by atoms with E-state index in [1.54, 1.807) is 6.20 Å². The molecular weight excluding hydrogens is 288 g/mol. The summed E-state index contributed by atoms with van der Waals surface area (Å²) in [4.78, 5) is 15.7. The fourth-order valence-corrected chi connectivity index (χ4v) is 2.36. The van der Waals surface area contributed by atoms with Crippen molar-refractivity contribution >= 4 is 5.97 Å². The van der Waals surface area contributed by atoms with Crippen LogP contribution in [0.1, 0.15) is 36.7 Å². The van der Waals surface area contributed by atoms with Gasteiger partial charge >= 0.3 is 5.97 Å². The Balaban J connectivity index is 2.10. The van der Waals surface area contributed by atoms with Crippen molar-refractivity contribution in [1.82, 2.24) is 10.3 Å². The van der Waals surface area contributed by atoms with Crippen molar-refractivity contribution in [2.24, 2.45) is 0 Å². The molecule has 0 saturated carbocycles. The van der Waals surface area contributed by atoms with Crippen LogP contribution in [0.3, 0.4) is 0 Å². The van der Waals surface area contributed by atoms with E-state index in [0.717, 1.165) is 5.69 Å². The SMILES string of the molecule is COC(=O)/C=C/CC(N[C@H](C)c1ccccc1)c1ccccn1. The van der Waals surface area contributed by atoms with E-state index in [1.165, 1.54) is 18.7 Å². The molecule has 4 heteroatoms. The minimum atomic E-state index is -0.346. The number of carbonyl (C=O) groups is 1. The summed E-state index contributed by atoms with van der Waals surface area (Å²) in [5, 5.41) is 3.58. The third kappa shape index (κ3) is 5.34. The van der Waals surface area contributed by atoms with Crippen molar-refractivity contribution in [3.05, 3.63) is 78.1 Å². The molecule has 0 aliphatic rings. The number of esters is 1. The van der Waals surface area contributed by atoms with Crippen molar-refractivity contribution in [3.8, 4) is 0 Å². The zero-order valence-electron chi connectivity index (χ0n) is 13.5. The third-order valence-electron chi connectivity index (χ3n) is 3.62. The average Bonchev–Trinajstić information content (AvgIpc) is 2.62. The summed E-state index contributed by atoms with van der Waals surface area (Å²) in [5.74, 6) is -0.346. The molecule has 0 saturated heterocycles. The molecule has 0 radical (unpaired) electrons. The molecular formula is C19H22N2O2. The van der Waals surface area contributed by atoms with Gasteiger partial charge in [-0.25, -0.2) is 4.79 Å². The molecule has 0 spiro atoms. The van der Waals surface area contributed by atoms with Gasteiger partial charge in [0.05, 0.1) is 18.8 Å². The number of hydrogen-bond acceptors (Lipinski definition) is 4. The van der Waals surface area contributed by atoms with Gasteiger partial charge in [-0.15, -0.1) is 0 Å². The van der Waals surface area contributed by atoms with E-state index in [-0.39, 0.29) is 18.1 Å². The molecule has 1 N–H and O–H groups in total. The highest BCUT2D eigenvalue weighted by atomic mass is 16.5. The summed E-state index contributed by atoms with van der Waals surface area (Å²) in [7, 11) is 1.37. The van der Waals surface area contributed by atoms with Crippen molar-refractivity contribution in [2.75, 3.05) is 7.11 Å². The number of methoxy groups -OCH3 is 1. The fraction of sp³-hybridized carbons (Fsp3) is 0.263. The van der Waals surface area contributed by atoms with Gasteiger partial charge in [0.2, 0.25) is 0 Å². The molecule has 23 heavy (non-hydrogen) atoms. The Kier molecular flexibility index (Phi) is 6.51. The van der Waals surface area contributed by atoms with E-state index in [4.69, 9.17) is 0 Å². The third-order valence-corrected chi connectivity index (χ3v) is 3.62. The van der Waals surface area contributed by atoms with Crippen molar-refractivity contribution in [1.29, 1.82) is 0 Å². The molecule has 1 heterocycles. The molecule has 1 aromatic carbocycles. The number of rotatable bonds is 7. The highest BCUT2D eigenvalue weighted by Crippen LogP contribution is 2.21. The van der Waals surface area contributed by atoms with Gasteiger partial charge in [-0.1, -0.05) is 42.5 Å². The van der Waals surface area contributed by atoms with Crippen LogP contribution < -0.4 is 5.32 Å². The van der Waals surface area contributed by atoms with Gasteiger partial charge in [0.1, 0.15) is 0 Å². The zero-order chi connectivity index (χ0) is 16.5. The highest BCUT2D eigenvalue weighted by Gasteiger charge is 2.15. The lowest BCUT2D eigenvalue weighted by molar-refractivity contribution is -0.134. The summed E-state index contributed by atoms with van der Waals surface area (Å²) in [6.45, 7) is 2.12. The van der Waals surface area contributed by atoms with Crippen LogP contribution in [0.15, 0.2) is 66.9 Å². The summed E-state index contributed by atoms with van der Waals surface area (Å²) >= 11 is 0. The van der Waals surface area contributed by atoms with Crippen molar-refractivity contribution in [2.45, 2.75) is 25.4 Å². The second-order valence-corrected chi connectivity index (χ2v) is 5.27. The Hall–Kier alpha value is -2.46. The first kappa shape index (κ1) is 16.9. The first-order valence-corrected chi connectivity index (χ1v) is 7.67. The second-order valence-electron chi connectivity index (χ2n) is 5.27. The molecule has 2 aromatic rings. The first-order chi connectivity index (χ1) is 11.2. The maximum atomic E-state index is 11.2. The Morgan fingerprint density at radius 2 is 1.96 bits per heavy atom. The molecule has 2 rings (SSSR count). The molecule has 4 nitrogen and oxygen atoms in total. The van der Waals surface area contributed by atoms with E-state index < -0.39 is 0 Å². The predicted molar refractivity (Wildman–Crippen MR) is 90.7 cm³/mol. The Morgan fingerprint density at radius 1 is 1.22 bits per heavy atom. The Bertz CT molecular complexity index is 626. The first-order valence-electron chi connectivity index (χ1n) is 7.67. The molecule has 0 aliphatic heterocycles. The van der Waals surface area contributed by atoms with Crippen molar-refractivity contribution in [3.63, 3.8) is 0 Å². The van der Waals surface area contributed by atoms with Crippen LogP contribution in [-0.4, -0.2) is 18.1 Å². The number of carbonyl (C=O) groups excluding carboxylic acids is 1. The molecule has 0 bridgehead atoms. The summed E-state index contributed by atoms with van der Waals surface area (Å²) in [6, 6.07) is 16.3. The minimum absolute atomic E-state index is 0.0207. The molecule has 0 aliphatic carbocycles. The maximum Gasteiger partial charge on any atom is 0.330 e. The zero-order valence-corrected chi connectivity index (χ0v) is 13.5. The molecule has 1 aromatic heterocycles. The van der Waals surface area contributed by atoms with Crippen LogP contribution in [0.25, 0.3) is 0 Å². The number of nitrogens with zero attached hydrogens (tertiary/aromatic N) is 1. The van der Waals surface area contributed by atoms with Gasteiger partial charge < -0.3 is 10.1 Å². The van der Waals surface area contributed by atoms with Crippen LogP contribution in [0.5, 0.6) is 0 Å². The van der Waals surface area contributed by atoms with Crippen LogP contribution in [0.2, 0.25) is 0 Å². The van der Waals surface area contributed by atoms with Crippen LogP contribution in [0, 0.1) is 0 Å². The lowest BCUT2D eigenvalue weighted by Gasteiger charge is -2.22. The number of pyridine rings is 1. The van der Waals surface area contributed by atoms with Gasteiger partial charge in [0, 0.05) is 18.3 Å². The molecule has 0 amide bonds. The molecule has 1 unspecified atom stereocenters. The highest BCUT2D eigenvalue weighted by molar-refractivity contribution is 5.81. The topological polar surface area (TPSA) is 51.2 Å². The van der Waals surface area contributed by atoms with E-state index in [9.17, 15) is 4.79 Å². The number of aromatic nitrogens is 1. The molecule has 2 atom stereocenters. The van der Waals surface area contributed by atoms with E-state index in [1.807, 2.05) is 42.5 Å². The fourth-order valence-electron chi connectivity index (χ4n) is 2.36.